The minimum absolute atomic E-state index is 0.150. The number of aromatic nitrogens is 2. The van der Waals surface area contributed by atoms with Crippen LogP contribution in [-0.2, 0) is 13.6 Å². The van der Waals surface area contributed by atoms with Crippen molar-refractivity contribution in [1.29, 1.82) is 0 Å². The molecule has 0 spiro atoms. The number of benzene rings is 2. The smallest absolute Gasteiger partial charge is 0.278 e. The maximum atomic E-state index is 13.5. The molecule has 25 heavy (non-hydrogen) atoms. The standard InChI is InChI=1S/C19H18FN3O2/c1-3-23(12-13-7-5-4-6-8-13)19(25)17-18(24)15-11-14(20)9-10-16(15)22(2)21-17/h4-11H,3,12H2,1-2H3. The predicted octanol–water partition coefficient (Wildman–Crippen LogP) is 2.73. The average Bonchev–Trinajstić information content (AvgIpc) is 2.63. The molecule has 0 unspecified atom stereocenters. The van der Waals surface area contributed by atoms with Crippen LogP contribution in [0.5, 0.6) is 0 Å². The van der Waals surface area contributed by atoms with Crippen LogP contribution in [0.2, 0.25) is 0 Å². The molecule has 0 saturated carbocycles. The van der Waals surface area contributed by atoms with E-state index in [9.17, 15) is 14.0 Å². The second kappa shape index (κ2) is 6.84. The van der Waals surface area contributed by atoms with Gasteiger partial charge in [0.2, 0.25) is 5.43 Å². The lowest BCUT2D eigenvalue weighted by Crippen LogP contribution is -2.35. The molecule has 0 fully saturated rings. The van der Waals surface area contributed by atoms with Gasteiger partial charge in [0.05, 0.1) is 10.9 Å². The molecule has 3 rings (SSSR count). The van der Waals surface area contributed by atoms with Crippen LogP contribution in [0.4, 0.5) is 4.39 Å². The molecule has 0 bridgehead atoms. The highest BCUT2D eigenvalue weighted by molar-refractivity contribution is 5.95. The SMILES string of the molecule is CCN(Cc1ccccc1)C(=O)c1nn(C)c2ccc(F)cc2c1=O. The summed E-state index contributed by atoms with van der Waals surface area (Å²) in [7, 11) is 1.63. The Morgan fingerprint density at radius 2 is 1.92 bits per heavy atom. The number of hydrogen-bond donors (Lipinski definition) is 0. The minimum atomic E-state index is -0.552. The lowest BCUT2D eigenvalue weighted by molar-refractivity contribution is 0.0743. The highest BCUT2D eigenvalue weighted by Gasteiger charge is 2.22. The van der Waals surface area contributed by atoms with Crippen molar-refractivity contribution >= 4 is 16.8 Å². The lowest BCUT2D eigenvalue weighted by atomic mass is 10.1. The second-order valence-corrected chi connectivity index (χ2v) is 5.77. The molecule has 0 N–H and O–H groups in total. The molecule has 3 aromatic rings. The number of aryl methyl sites for hydroxylation is 1. The molecule has 1 heterocycles. The fourth-order valence-electron chi connectivity index (χ4n) is 2.77. The Labute approximate surface area is 144 Å². The number of amides is 1. The molecule has 0 aliphatic rings. The Morgan fingerprint density at radius 1 is 1.20 bits per heavy atom. The zero-order valence-corrected chi connectivity index (χ0v) is 14.1. The van der Waals surface area contributed by atoms with Crippen molar-refractivity contribution in [3.05, 3.63) is 75.8 Å². The van der Waals surface area contributed by atoms with E-state index in [0.717, 1.165) is 11.6 Å². The van der Waals surface area contributed by atoms with Crippen LogP contribution in [0.15, 0.2) is 53.3 Å². The van der Waals surface area contributed by atoms with Gasteiger partial charge in [-0.2, -0.15) is 5.10 Å². The fraction of sp³-hybridized carbons (Fsp3) is 0.211. The summed E-state index contributed by atoms with van der Waals surface area (Å²) in [5, 5.41) is 4.28. The minimum Gasteiger partial charge on any atom is -0.333 e. The van der Waals surface area contributed by atoms with E-state index in [1.165, 1.54) is 16.8 Å². The number of hydrogen-bond acceptors (Lipinski definition) is 3. The third-order valence-corrected chi connectivity index (χ3v) is 4.10. The molecule has 0 radical (unpaired) electrons. The summed E-state index contributed by atoms with van der Waals surface area (Å²) in [6, 6.07) is 13.4. The van der Waals surface area contributed by atoms with E-state index in [-0.39, 0.29) is 11.1 Å². The Kier molecular flexibility index (Phi) is 4.61. The van der Waals surface area contributed by atoms with E-state index >= 15 is 0 Å². The first-order valence-electron chi connectivity index (χ1n) is 8.01. The number of halogens is 1. The molecule has 0 aliphatic heterocycles. The summed E-state index contributed by atoms with van der Waals surface area (Å²) in [6.45, 7) is 2.65. The first-order chi connectivity index (χ1) is 12.0. The second-order valence-electron chi connectivity index (χ2n) is 5.77. The molecule has 0 atom stereocenters. The largest absolute Gasteiger partial charge is 0.333 e. The van der Waals surface area contributed by atoms with Crippen LogP contribution < -0.4 is 5.43 Å². The summed E-state index contributed by atoms with van der Waals surface area (Å²) in [4.78, 5) is 27.0. The van der Waals surface area contributed by atoms with Crippen molar-refractivity contribution in [3.63, 3.8) is 0 Å². The number of nitrogens with zero attached hydrogens (tertiary/aromatic N) is 3. The van der Waals surface area contributed by atoms with E-state index in [4.69, 9.17) is 0 Å². The van der Waals surface area contributed by atoms with Crippen molar-refractivity contribution < 1.29 is 9.18 Å². The van der Waals surface area contributed by atoms with Gasteiger partial charge in [0.1, 0.15) is 5.82 Å². The first kappa shape index (κ1) is 16.8. The van der Waals surface area contributed by atoms with Crippen LogP contribution in [0, 0.1) is 5.82 Å². The lowest BCUT2D eigenvalue weighted by Gasteiger charge is -2.20. The zero-order chi connectivity index (χ0) is 18.0. The van der Waals surface area contributed by atoms with Gasteiger partial charge in [-0.05, 0) is 30.7 Å². The summed E-state index contributed by atoms with van der Waals surface area (Å²) in [5.74, 6) is -0.982. The Bertz CT molecular complexity index is 983. The van der Waals surface area contributed by atoms with Gasteiger partial charge in [0.25, 0.3) is 5.91 Å². The third kappa shape index (κ3) is 3.28. The Balaban J connectivity index is 2.03. The number of rotatable bonds is 4. The number of carbonyl (C=O) groups is 1. The van der Waals surface area contributed by atoms with Gasteiger partial charge in [0, 0.05) is 20.1 Å². The number of fused-ring (bicyclic) bond motifs is 1. The molecule has 1 aromatic heterocycles. The van der Waals surface area contributed by atoms with Crippen LogP contribution in [-0.4, -0.2) is 27.1 Å². The van der Waals surface area contributed by atoms with Gasteiger partial charge in [-0.25, -0.2) is 4.39 Å². The Hall–Kier alpha value is -3.02. The fourth-order valence-corrected chi connectivity index (χ4v) is 2.77. The molecule has 0 saturated heterocycles. The van der Waals surface area contributed by atoms with Crippen molar-refractivity contribution in [1.82, 2.24) is 14.7 Å². The summed E-state index contributed by atoms with van der Waals surface area (Å²) < 4.78 is 15.0. The molecule has 128 valence electrons. The molecular formula is C19H18FN3O2. The average molecular weight is 339 g/mol. The van der Waals surface area contributed by atoms with Crippen LogP contribution >= 0.6 is 0 Å². The van der Waals surface area contributed by atoms with E-state index < -0.39 is 17.2 Å². The molecule has 5 nitrogen and oxygen atoms in total. The highest BCUT2D eigenvalue weighted by Crippen LogP contribution is 2.13. The molecule has 0 aliphatic carbocycles. The molecule has 2 aromatic carbocycles. The van der Waals surface area contributed by atoms with Crippen molar-refractivity contribution in [2.45, 2.75) is 13.5 Å². The maximum absolute atomic E-state index is 13.5. The van der Waals surface area contributed by atoms with Crippen LogP contribution in [0.1, 0.15) is 23.0 Å². The van der Waals surface area contributed by atoms with E-state index in [1.807, 2.05) is 37.3 Å². The number of carbonyl (C=O) groups excluding carboxylic acids is 1. The van der Waals surface area contributed by atoms with Crippen molar-refractivity contribution in [2.75, 3.05) is 6.54 Å². The zero-order valence-electron chi connectivity index (χ0n) is 14.1. The van der Waals surface area contributed by atoms with Gasteiger partial charge >= 0.3 is 0 Å². The molecular weight excluding hydrogens is 321 g/mol. The van der Waals surface area contributed by atoms with Crippen LogP contribution in [0.25, 0.3) is 10.9 Å². The topological polar surface area (TPSA) is 55.2 Å². The van der Waals surface area contributed by atoms with Crippen LogP contribution in [0.3, 0.4) is 0 Å². The van der Waals surface area contributed by atoms with Crippen molar-refractivity contribution in [3.8, 4) is 0 Å². The van der Waals surface area contributed by atoms with E-state index in [1.54, 1.807) is 11.9 Å². The van der Waals surface area contributed by atoms with Gasteiger partial charge in [0.15, 0.2) is 5.69 Å². The predicted molar refractivity (Wildman–Crippen MR) is 93.8 cm³/mol. The van der Waals surface area contributed by atoms with Crippen molar-refractivity contribution in [2.24, 2.45) is 7.05 Å². The van der Waals surface area contributed by atoms with Gasteiger partial charge in [-0.15, -0.1) is 0 Å². The monoisotopic (exact) mass is 339 g/mol. The molecule has 1 amide bonds. The normalized spacial score (nSPS) is 10.8. The van der Waals surface area contributed by atoms with E-state index in [0.29, 0.717) is 18.6 Å². The maximum Gasteiger partial charge on any atom is 0.278 e. The third-order valence-electron chi connectivity index (χ3n) is 4.10. The van der Waals surface area contributed by atoms with Gasteiger partial charge in [-0.1, -0.05) is 30.3 Å². The first-order valence-corrected chi connectivity index (χ1v) is 8.01. The summed E-state index contributed by atoms with van der Waals surface area (Å²) >= 11 is 0. The summed E-state index contributed by atoms with van der Waals surface area (Å²) in [5.41, 5.74) is 0.693. The summed E-state index contributed by atoms with van der Waals surface area (Å²) in [6.07, 6.45) is 0. The quantitative estimate of drug-likeness (QED) is 0.734. The molecule has 6 heteroatoms. The highest BCUT2D eigenvalue weighted by atomic mass is 19.1. The van der Waals surface area contributed by atoms with Gasteiger partial charge in [-0.3, -0.25) is 14.3 Å². The van der Waals surface area contributed by atoms with Gasteiger partial charge < -0.3 is 4.90 Å². The Morgan fingerprint density at radius 3 is 2.60 bits per heavy atom. The van der Waals surface area contributed by atoms with E-state index in [2.05, 4.69) is 5.10 Å².